The first-order valence-electron chi connectivity index (χ1n) is 9.61. The molecule has 0 saturated heterocycles. The van der Waals surface area contributed by atoms with Crippen molar-refractivity contribution in [1.82, 2.24) is 0 Å². The molecule has 7 heteroatoms. The van der Waals surface area contributed by atoms with Crippen LogP contribution in [-0.4, -0.2) is 0 Å². The van der Waals surface area contributed by atoms with Gasteiger partial charge in [-0.2, -0.15) is 30.7 Å². The molecule has 0 spiro atoms. The summed E-state index contributed by atoms with van der Waals surface area (Å²) >= 11 is 0. The maximum Gasteiger partial charge on any atom is 0.0858 e. The van der Waals surface area contributed by atoms with E-state index in [-0.39, 0.29) is 0 Å². The van der Waals surface area contributed by atoms with Crippen LogP contribution in [0.25, 0.3) is 0 Å². The van der Waals surface area contributed by atoms with Gasteiger partial charge >= 0.3 is 0 Å². The third-order valence-corrected chi connectivity index (χ3v) is 4.19. The number of nitrogen functional groups attached to an aromatic ring is 1. The molecule has 4 aromatic rings. The largest absolute Gasteiger partial charge is 0.399 e. The third-order valence-electron chi connectivity index (χ3n) is 4.19. The summed E-state index contributed by atoms with van der Waals surface area (Å²) in [7, 11) is 0. The first-order valence-corrected chi connectivity index (χ1v) is 9.61. The molecule has 0 bridgehead atoms. The fraction of sp³-hybridized carbons (Fsp3) is 0. The fourth-order valence-corrected chi connectivity index (χ4v) is 2.55. The van der Waals surface area contributed by atoms with Gasteiger partial charge in [-0.3, -0.25) is 0 Å². The van der Waals surface area contributed by atoms with Crippen molar-refractivity contribution in [2.24, 2.45) is 30.7 Å². The van der Waals surface area contributed by atoms with Crippen molar-refractivity contribution in [2.75, 3.05) is 5.73 Å². The summed E-state index contributed by atoms with van der Waals surface area (Å²) in [5.74, 6) is 0. The monoisotopic (exact) mass is 405 g/mol. The van der Waals surface area contributed by atoms with Gasteiger partial charge in [-0.25, -0.2) is 0 Å². The lowest BCUT2D eigenvalue weighted by atomic mass is 10.3. The topological polar surface area (TPSA) is 100 Å². The van der Waals surface area contributed by atoms with E-state index in [1.54, 1.807) is 12.1 Å². The minimum Gasteiger partial charge on any atom is -0.399 e. The first kappa shape index (κ1) is 19.8. The molecule has 7 nitrogen and oxygen atoms in total. The Bertz CT molecular complexity index is 1200. The van der Waals surface area contributed by atoms with Crippen LogP contribution in [0.5, 0.6) is 0 Å². The highest BCUT2D eigenvalue weighted by Crippen LogP contribution is 2.25. The van der Waals surface area contributed by atoms with Crippen molar-refractivity contribution in [3.05, 3.63) is 103 Å². The second-order valence-electron chi connectivity index (χ2n) is 6.56. The second kappa shape index (κ2) is 9.80. The minimum atomic E-state index is 0.694. The fourth-order valence-electron chi connectivity index (χ4n) is 2.55. The van der Waals surface area contributed by atoms with Gasteiger partial charge in [-0.15, -0.1) is 0 Å². The lowest BCUT2D eigenvalue weighted by Crippen LogP contribution is -1.80. The average molecular weight is 405 g/mol. The summed E-state index contributed by atoms with van der Waals surface area (Å²) in [6.07, 6.45) is 0. The normalized spacial score (nSPS) is 11.6. The van der Waals surface area contributed by atoms with Crippen LogP contribution in [-0.2, 0) is 0 Å². The molecular formula is C24H19N7. The van der Waals surface area contributed by atoms with E-state index < -0.39 is 0 Å². The number of nitrogens with zero attached hydrogens (tertiary/aromatic N) is 6. The molecule has 31 heavy (non-hydrogen) atoms. The van der Waals surface area contributed by atoms with Gasteiger partial charge in [0.05, 0.1) is 34.1 Å². The maximum absolute atomic E-state index is 5.66. The number of rotatable bonds is 6. The number of hydrogen-bond acceptors (Lipinski definition) is 7. The maximum atomic E-state index is 5.66. The Morgan fingerprint density at radius 1 is 0.323 bits per heavy atom. The van der Waals surface area contributed by atoms with E-state index in [0.29, 0.717) is 5.69 Å². The zero-order valence-electron chi connectivity index (χ0n) is 16.6. The Morgan fingerprint density at radius 3 is 0.903 bits per heavy atom. The summed E-state index contributed by atoms with van der Waals surface area (Å²) < 4.78 is 0. The number of anilines is 1. The summed E-state index contributed by atoms with van der Waals surface area (Å²) in [5.41, 5.74) is 10.8. The van der Waals surface area contributed by atoms with Gasteiger partial charge in [-0.1, -0.05) is 18.2 Å². The highest BCUT2D eigenvalue weighted by molar-refractivity contribution is 5.51. The van der Waals surface area contributed by atoms with Gasteiger partial charge < -0.3 is 5.73 Å². The number of hydrogen-bond donors (Lipinski definition) is 1. The highest BCUT2D eigenvalue weighted by atomic mass is 15.1. The smallest absolute Gasteiger partial charge is 0.0858 e. The van der Waals surface area contributed by atoms with Crippen LogP contribution in [0.15, 0.2) is 134 Å². The van der Waals surface area contributed by atoms with Gasteiger partial charge in [-0.05, 0) is 84.9 Å². The molecule has 0 unspecified atom stereocenters. The predicted molar refractivity (Wildman–Crippen MR) is 123 cm³/mol. The first-order chi connectivity index (χ1) is 15.2. The van der Waals surface area contributed by atoms with E-state index in [4.69, 9.17) is 5.73 Å². The standard InChI is InChI=1S/C24H19N7/c25-18-6-8-20(9-7-18)27-29-22-14-16-24(17-15-22)31-30-23-12-10-21(11-13-23)28-26-19-4-2-1-3-5-19/h1-17H,25H2. The van der Waals surface area contributed by atoms with Crippen molar-refractivity contribution in [3.8, 4) is 0 Å². The van der Waals surface area contributed by atoms with Crippen LogP contribution in [0.1, 0.15) is 0 Å². The molecule has 0 radical (unpaired) electrons. The van der Waals surface area contributed by atoms with E-state index in [1.165, 1.54) is 0 Å². The van der Waals surface area contributed by atoms with E-state index in [9.17, 15) is 0 Å². The van der Waals surface area contributed by atoms with Crippen LogP contribution in [0.4, 0.5) is 39.8 Å². The van der Waals surface area contributed by atoms with Crippen molar-refractivity contribution in [2.45, 2.75) is 0 Å². The molecule has 2 N–H and O–H groups in total. The predicted octanol–water partition coefficient (Wildman–Crippen LogP) is 8.52. The Labute approximate surface area is 179 Å². The van der Waals surface area contributed by atoms with Gasteiger partial charge in [0.15, 0.2) is 0 Å². The van der Waals surface area contributed by atoms with Crippen LogP contribution in [0, 0.1) is 0 Å². The highest BCUT2D eigenvalue weighted by Gasteiger charge is 1.96. The van der Waals surface area contributed by atoms with Crippen LogP contribution >= 0.6 is 0 Å². The summed E-state index contributed by atoms with van der Waals surface area (Å²) in [5, 5.41) is 25.3. The molecule has 0 saturated carbocycles. The lowest BCUT2D eigenvalue weighted by Gasteiger charge is -1.97. The van der Waals surface area contributed by atoms with Crippen LogP contribution in [0.2, 0.25) is 0 Å². The number of benzene rings is 4. The Kier molecular flexibility index (Phi) is 6.25. The molecule has 150 valence electrons. The molecule has 0 fully saturated rings. The van der Waals surface area contributed by atoms with E-state index >= 15 is 0 Å². The molecule has 0 aromatic heterocycles. The van der Waals surface area contributed by atoms with Crippen LogP contribution < -0.4 is 5.73 Å². The van der Waals surface area contributed by atoms with Gasteiger partial charge in [0, 0.05) is 5.69 Å². The number of nitrogens with two attached hydrogens (primary N) is 1. The van der Waals surface area contributed by atoms with Crippen molar-refractivity contribution < 1.29 is 0 Å². The third kappa shape index (κ3) is 5.98. The SMILES string of the molecule is Nc1ccc(N=Nc2ccc(N=Nc3ccc(N=Nc4ccccc4)cc3)cc2)cc1. The molecule has 0 atom stereocenters. The van der Waals surface area contributed by atoms with Gasteiger partial charge in [0.2, 0.25) is 0 Å². The molecular weight excluding hydrogens is 386 g/mol. The second-order valence-corrected chi connectivity index (χ2v) is 6.56. The molecule has 0 aliphatic rings. The van der Waals surface area contributed by atoms with Crippen molar-refractivity contribution >= 4 is 39.8 Å². The Hall–Kier alpha value is -4.52. The lowest BCUT2D eigenvalue weighted by molar-refractivity contribution is 1.20. The summed E-state index contributed by atoms with van der Waals surface area (Å²) in [4.78, 5) is 0. The quantitative estimate of drug-likeness (QED) is 0.252. The molecule has 4 rings (SSSR count). The summed E-state index contributed by atoms with van der Waals surface area (Å²) in [6, 6.07) is 31.5. The summed E-state index contributed by atoms with van der Waals surface area (Å²) in [6.45, 7) is 0. The Balaban J connectivity index is 1.36. The molecule has 0 heterocycles. The zero-order chi connectivity index (χ0) is 21.3. The van der Waals surface area contributed by atoms with Crippen LogP contribution in [0.3, 0.4) is 0 Å². The minimum absolute atomic E-state index is 0.694. The van der Waals surface area contributed by atoms with Crippen molar-refractivity contribution in [1.29, 1.82) is 0 Å². The molecule has 0 aliphatic heterocycles. The van der Waals surface area contributed by atoms with Gasteiger partial charge in [0.1, 0.15) is 0 Å². The molecule has 0 aliphatic carbocycles. The molecule has 0 amide bonds. The van der Waals surface area contributed by atoms with E-state index in [1.807, 2.05) is 91.0 Å². The molecule has 4 aromatic carbocycles. The van der Waals surface area contributed by atoms with E-state index in [2.05, 4.69) is 30.7 Å². The van der Waals surface area contributed by atoms with Gasteiger partial charge in [0.25, 0.3) is 0 Å². The number of azo groups is 3. The van der Waals surface area contributed by atoms with E-state index in [0.717, 1.165) is 34.1 Å². The van der Waals surface area contributed by atoms with Crippen molar-refractivity contribution in [3.63, 3.8) is 0 Å². The average Bonchev–Trinajstić information content (AvgIpc) is 2.83. The zero-order valence-corrected chi connectivity index (χ0v) is 16.6. The Morgan fingerprint density at radius 2 is 0.581 bits per heavy atom.